The molecule has 0 bridgehead atoms. The fourth-order valence-electron chi connectivity index (χ4n) is 2.36. The van der Waals surface area contributed by atoms with Gasteiger partial charge in [0.25, 0.3) is 5.91 Å². The Balaban J connectivity index is 1.95. The number of hydrogen-bond acceptors (Lipinski definition) is 4. The SMILES string of the molecule is CC1NCCC1C(=O)NC1CC(=O)N(C)C1=O. The van der Waals surface area contributed by atoms with E-state index in [0.717, 1.165) is 17.9 Å². The van der Waals surface area contributed by atoms with Crippen LogP contribution in [0.5, 0.6) is 0 Å². The molecule has 0 aromatic rings. The van der Waals surface area contributed by atoms with Crippen LogP contribution in [0.2, 0.25) is 0 Å². The number of hydrogen-bond donors (Lipinski definition) is 2. The Labute approximate surface area is 99.7 Å². The lowest BCUT2D eigenvalue weighted by Crippen LogP contribution is -2.45. The molecule has 6 nitrogen and oxygen atoms in total. The number of likely N-dealkylation sites (tertiary alicyclic amines) is 1. The van der Waals surface area contributed by atoms with Crippen LogP contribution in [0.15, 0.2) is 0 Å². The molecule has 0 saturated carbocycles. The van der Waals surface area contributed by atoms with Gasteiger partial charge >= 0.3 is 0 Å². The predicted octanol–water partition coefficient (Wildman–Crippen LogP) is -1.14. The van der Waals surface area contributed by atoms with Crippen molar-refractivity contribution in [3.8, 4) is 0 Å². The van der Waals surface area contributed by atoms with Crippen LogP contribution < -0.4 is 10.6 Å². The monoisotopic (exact) mass is 239 g/mol. The second kappa shape index (κ2) is 4.44. The van der Waals surface area contributed by atoms with Gasteiger partial charge in [0.1, 0.15) is 6.04 Å². The number of nitrogens with one attached hydrogen (secondary N) is 2. The number of nitrogens with zero attached hydrogens (tertiary/aromatic N) is 1. The molecular weight excluding hydrogens is 222 g/mol. The molecule has 3 atom stereocenters. The first-order chi connectivity index (χ1) is 8.00. The first-order valence-corrected chi connectivity index (χ1v) is 5.85. The van der Waals surface area contributed by atoms with Gasteiger partial charge in [-0.2, -0.15) is 0 Å². The van der Waals surface area contributed by atoms with Gasteiger partial charge in [-0.25, -0.2) is 0 Å². The summed E-state index contributed by atoms with van der Waals surface area (Å²) in [4.78, 5) is 35.9. The Hall–Kier alpha value is -1.43. The van der Waals surface area contributed by atoms with Crippen LogP contribution in [0.1, 0.15) is 19.8 Å². The maximum Gasteiger partial charge on any atom is 0.252 e. The van der Waals surface area contributed by atoms with E-state index in [9.17, 15) is 14.4 Å². The fourth-order valence-corrected chi connectivity index (χ4v) is 2.36. The Bertz CT molecular complexity index is 369. The van der Waals surface area contributed by atoms with Gasteiger partial charge in [-0.05, 0) is 19.9 Å². The highest BCUT2D eigenvalue weighted by molar-refractivity contribution is 6.06. The Morgan fingerprint density at radius 1 is 1.47 bits per heavy atom. The van der Waals surface area contributed by atoms with Crippen molar-refractivity contribution in [3.63, 3.8) is 0 Å². The third kappa shape index (κ3) is 2.17. The quantitative estimate of drug-likeness (QED) is 0.597. The molecular formula is C11H17N3O3. The lowest BCUT2D eigenvalue weighted by atomic mass is 10.0. The van der Waals surface area contributed by atoms with E-state index in [-0.39, 0.29) is 36.1 Å². The highest BCUT2D eigenvalue weighted by Gasteiger charge is 2.39. The molecule has 0 spiro atoms. The summed E-state index contributed by atoms with van der Waals surface area (Å²) in [5.74, 6) is -0.799. The second-order valence-corrected chi connectivity index (χ2v) is 4.69. The van der Waals surface area contributed by atoms with Gasteiger partial charge in [0, 0.05) is 13.1 Å². The Morgan fingerprint density at radius 2 is 2.18 bits per heavy atom. The third-order valence-electron chi connectivity index (χ3n) is 3.56. The molecule has 0 aliphatic carbocycles. The molecule has 2 N–H and O–H groups in total. The van der Waals surface area contributed by atoms with Crippen LogP contribution >= 0.6 is 0 Å². The molecule has 3 amide bonds. The molecule has 0 aromatic carbocycles. The normalized spacial score (nSPS) is 33.3. The standard InChI is InChI=1S/C11H17N3O3/c1-6-7(3-4-12-6)10(16)13-8-5-9(15)14(2)11(8)17/h6-8,12H,3-5H2,1-2H3,(H,13,16). The summed E-state index contributed by atoms with van der Waals surface area (Å²) < 4.78 is 0. The molecule has 2 rings (SSSR count). The van der Waals surface area contributed by atoms with Crippen molar-refractivity contribution in [1.29, 1.82) is 0 Å². The van der Waals surface area contributed by atoms with Crippen LogP contribution in [-0.4, -0.2) is 48.3 Å². The van der Waals surface area contributed by atoms with E-state index < -0.39 is 6.04 Å². The average Bonchev–Trinajstić information content (AvgIpc) is 2.80. The van der Waals surface area contributed by atoms with Crippen LogP contribution in [0.25, 0.3) is 0 Å². The minimum absolute atomic E-state index is 0.0790. The van der Waals surface area contributed by atoms with Crippen molar-refractivity contribution in [1.82, 2.24) is 15.5 Å². The summed E-state index contributed by atoms with van der Waals surface area (Å²) >= 11 is 0. The smallest absolute Gasteiger partial charge is 0.252 e. The van der Waals surface area contributed by atoms with E-state index >= 15 is 0 Å². The minimum atomic E-state index is -0.673. The molecule has 94 valence electrons. The van der Waals surface area contributed by atoms with E-state index in [1.54, 1.807) is 0 Å². The number of likely N-dealkylation sites (N-methyl/N-ethyl adjacent to an activating group) is 1. The summed E-state index contributed by atoms with van der Waals surface area (Å²) in [5, 5.41) is 5.85. The molecule has 3 unspecified atom stereocenters. The zero-order valence-corrected chi connectivity index (χ0v) is 10.0. The van der Waals surface area contributed by atoms with Crippen LogP contribution in [-0.2, 0) is 14.4 Å². The summed E-state index contributed by atoms with van der Waals surface area (Å²) in [5.41, 5.74) is 0. The molecule has 0 aromatic heterocycles. The largest absolute Gasteiger partial charge is 0.343 e. The highest BCUT2D eigenvalue weighted by atomic mass is 16.2. The predicted molar refractivity (Wildman–Crippen MR) is 59.9 cm³/mol. The summed E-state index contributed by atoms with van der Waals surface area (Å²) in [6.07, 6.45) is 0.854. The van der Waals surface area contributed by atoms with Gasteiger partial charge in [0.05, 0.1) is 12.3 Å². The lowest BCUT2D eigenvalue weighted by Gasteiger charge is -2.17. The maximum atomic E-state index is 11.9. The molecule has 17 heavy (non-hydrogen) atoms. The van der Waals surface area contributed by atoms with Crippen molar-refractivity contribution in [3.05, 3.63) is 0 Å². The van der Waals surface area contributed by atoms with Crippen LogP contribution in [0, 0.1) is 5.92 Å². The molecule has 2 aliphatic heterocycles. The summed E-state index contributed by atoms with van der Waals surface area (Å²) in [6, 6.07) is -0.548. The molecule has 2 saturated heterocycles. The summed E-state index contributed by atoms with van der Waals surface area (Å²) in [6.45, 7) is 2.77. The van der Waals surface area contributed by atoms with Crippen LogP contribution in [0.4, 0.5) is 0 Å². The van der Waals surface area contributed by atoms with E-state index in [1.807, 2.05) is 6.92 Å². The van der Waals surface area contributed by atoms with Gasteiger partial charge in [0.15, 0.2) is 0 Å². The van der Waals surface area contributed by atoms with E-state index in [2.05, 4.69) is 10.6 Å². The molecule has 2 heterocycles. The molecule has 0 radical (unpaired) electrons. The summed E-state index contributed by atoms with van der Waals surface area (Å²) in [7, 11) is 1.44. The van der Waals surface area contributed by atoms with Crippen molar-refractivity contribution < 1.29 is 14.4 Å². The van der Waals surface area contributed by atoms with Crippen molar-refractivity contribution in [2.45, 2.75) is 31.8 Å². The van der Waals surface area contributed by atoms with Gasteiger partial charge in [0.2, 0.25) is 11.8 Å². The van der Waals surface area contributed by atoms with Gasteiger partial charge in [-0.3, -0.25) is 19.3 Å². The van der Waals surface area contributed by atoms with Crippen molar-refractivity contribution in [2.24, 2.45) is 5.92 Å². The Kier molecular flexibility index (Phi) is 3.15. The lowest BCUT2D eigenvalue weighted by molar-refractivity contribution is -0.138. The molecule has 2 aliphatic rings. The maximum absolute atomic E-state index is 11.9. The number of carbonyl (C=O) groups excluding carboxylic acids is 3. The van der Waals surface area contributed by atoms with E-state index in [1.165, 1.54) is 7.05 Å². The zero-order valence-electron chi connectivity index (χ0n) is 10.0. The minimum Gasteiger partial charge on any atom is -0.343 e. The average molecular weight is 239 g/mol. The number of rotatable bonds is 2. The first kappa shape index (κ1) is 12.0. The zero-order chi connectivity index (χ0) is 12.6. The molecule has 6 heteroatoms. The second-order valence-electron chi connectivity index (χ2n) is 4.69. The number of imide groups is 1. The third-order valence-corrected chi connectivity index (χ3v) is 3.56. The van der Waals surface area contributed by atoms with Gasteiger partial charge in [-0.1, -0.05) is 0 Å². The van der Waals surface area contributed by atoms with Crippen LogP contribution in [0.3, 0.4) is 0 Å². The number of carbonyl (C=O) groups is 3. The van der Waals surface area contributed by atoms with E-state index in [0.29, 0.717) is 0 Å². The fraction of sp³-hybridized carbons (Fsp3) is 0.727. The van der Waals surface area contributed by atoms with Gasteiger partial charge < -0.3 is 10.6 Å². The van der Waals surface area contributed by atoms with Gasteiger partial charge in [-0.15, -0.1) is 0 Å². The number of amides is 3. The Morgan fingerprint density at radius 3 is 2.65 bits per heavy atom. The first-order valence-electron chi connectivity index (χ1n) is 5.85. The van der Waals surface area contributed by atoms with Crippen molar-refractivity contribution in [2.75, 3.05) is 13.6 Å². The molecule has 2 fully saturated rings. The van der Waals surface area contributed by atoms with E-state index in [4.69, 9.17) is 0 Å². The topological polar surface area (TPSA) is 78.5 Å². The van der Waals surface area contributed by atoms with Crippen molar-refractivity contribution >= 4 is 17.7 Å². The highest BCUT2D eigenvalue weighted by Crippen LogP contribution is 2.17.